The molecular formula is C17H23NO. The zero-order valence-electron chi connectivity index (χ0n) is 12.0. The van der Waals surface area contributed by atoms with Crippen molar-refractivity contribution in [3.05, 3.63) is 29.3 Å². The molecule has 0 saturated heterocycles. The van der Waals surface area contributed by atoms with E-state index in [1.54, 1.807) is 7.11 Å². The topological polar surface area (TPSA) is 12.5 Å². The van der Waals surface area contributed by atoms with Gasteiger partial charge in [-0.25, -0.2) is 0 Å². The van der Waals surface area contributed by atoms with Crippen LogP contribution >= 0.6 is 0 Å². The van der Waals surface area contributed by atoms with E-state index >= 15 is 0 Å². The minimum absolute atomic E-state index is 0.579. The van der Waals surface area contributed by atoms with Crippen molar-refractivity contribution in [2.45, 2.75) is 38.6 Å². The van der Waals surface area contributed by atoms with Crippen molar-refractivity contribution in [1.82, 2.24) is 4.90 Å². The molecule has 0 heterocycles. The minimum Gasteiger partial charge on any atom is -0.496 e. The predicted molar refractivity (Wildman–Crippen MR) is 79.5 cm³/mol. The van der Waals surface area contributed by atoms with Crippen LogP contribution in [0.1, 0.15) is 30.9 Å². The van der Waals surface area contributed by atoms with Crippen LogP contribution < -0.4 is 4.74 Å². The van der Waals surface area contributed by atoms with Gasteiger partial charge in [-0.1, -0.05) is 25.0 Å². The van der Waals surface area contributed by atoms with E-state index in [1.165, 1.54) is 17.5 Å². The molecule has 2 nitrogen and oxygen atoms in total. The van der Waals surface area contributed by atoms with Crippen molar-refractivity contribution in [1.29, 1.82) is 0 Å². The van der Waals surface area contributed by atoms with Crippen LogP contribution in [0, 0.1) is 12.3 Å². The average Bonchev–Trinajstić information content (AvgIpc) is 2.45. The van der Waals surface area contributed by atoms with Crippen molar-refractivity contribution in [3.8, 4) is 18.1 Å². The highest BCUT2D eigenvalue weighted by Crippen LogP contribution is 2.31. The normalized spacial score (nSPS) is 17.9. The first-order valence-corrected chi connectivity index (χ1v) is 7.12. The van der Waals surface area contributed by atoms with Crippen LogP contribution in [0.25, 0.3) is 0 Å². The third kappa shape index (κ3) is 3.11. The molecular weight excluding hydrogens is 234 g/mol. The SMILES string of the molecule is C#CCN(CCC)[C@@H]1CCc2c(cccc2OC)C1. The molecule has 1 aliphatic carbocycles. The van der Waals surface area contributed by atoms with E-state index in [9.17, 15) is 0 Å². The van der Waals surface area contributed by atoms with Crippen LogP contribution in [-0.4, -0.2) is 31.1 Å². The van der Waals surface area contributed by atoms with Gasteiger partial charge in [-0.15, -0.1) is 6.42 Å². The van der Waals surface area contributed by atoms with Crippen LogP contribution in [0.4, 0.5) is 0 Å². The van der Waals surface area contributed by atoms with Crippen LogP contribution in [0.5, 0.6) is 5.75 Å². The minimum atomic E-state index is 0.579. The van der Waals surface area contributed by atoms with Gasteiger partial charge >= 0.3 is 0 Å². The Morgan fingerprint density at radius 2 is 2.32 bits per heavy atom. The molecule has 0 radical (unpaired) electrons. The maximum Gasteiger partial charge on any atom is 0.122 e. The second-order valence-electron chi connectivity index (χ2n) is 5.17. The molecule has 19 heavy (non-hydrogen) atoms. The largest absolute Gasteiger partial charge is 0.496 e. The molecule has 0 bridgehead atoms. The molecule has 0 N–H and O–H groups in total. The molecule has 0 unspecified atom stereocenters. The summed E-state index contributed by atoms with van der Waals surface area (Å²) in [4.78, 5) is 2.45. The second-order valence-corrected chi connectivity index (χ2v) is 5.17. The van der Waals surface area contributed by atoms with E-state index in [1.807, 2.05) is 0 Å². The van der Waals surface area contributed by atoms with Gasteiger partial charge in [-0.05, 0) is 49.4 Å². The molecule has 1 atom stereocenters. The van der Waals surface area contributed by atoms with E-state index in [0.717, 1.165) is 38.1 Å². The maximum absolute atomic E-state index is 5.49. The number of hydrogen-bond donors (Lipinski definition) is 0. The smallest absolute Gasteiger partial charge is 0.122 e. The summed E-state index contributed by atoms with van der Waals surface area (Å²) >= 11 is 0. The van der Waals surface area contributed by atoms with Gasteiger partial charge in [-0.3, -0.25) is 4.90 Å². The number of fused-ring (bicyclic) bond motifs is 1. The molecule has 0 spiro atoms. The molecule has 2 heteroatoms. The zero-order chi connectivity index (χ0) is 13.7. The molecule has 2 rings (SSSR count). The number of nitrogens with zero attached hydrogens (tertiary/aromatic N) is 1. The first kappa shape index (κ1) is 14.0. The molecule has 0 aliphatic heterocycles. The Morgan fingerprint density at radius 1 is 1.47 bits per heavy atom. The average molecular weight is 257 g/mol. The first-order chi connectivity index (χ1) is 9.30. The van der Waals surface area contributed by atoms with Crippen molar-refractivity contribution in [3.63, 3.8) is 0 Å². The van der Waals surface area contributed by atoms with Gasteiger partial charge in [0, 0.05) is 6.04 Å². The molecule has 1 aromatic carbocycles. The summed E-state index contributed by atoms with van der Waals surface area (Å²) in [7, 11) is 1.75. The number of rotatable bonds is 5. The van der Waals surface area contributed by atoms with Gasteiger partial charge in [0.1, 0.15) is 5.75 Å². The number of methoxy groups -OCH3 is 1. The lowest BCUT2D eigenvalue weighted by Crippen LogP contribution is -2.40. The van der Waals surface area contributed by atoms with Crippen molar-refractivity contribution in [2.24, 2.45) is 0 Å². The summed E-state index contributed by atoms with van der Waals surface area (Å²) in [6.07, 6.45) is 10.0. The third-order valence-electron chi connectivity index (χ3n) is 3.95. The Kier molecular flexibility index (Phi) is 4.87. The number of hydrogen-bond acceptors (Lipinski definition) is 2. The quantitative estimate of drug-likeness (QED) is 0.752. The predicted octanol–water partition coefficient (Wildman–Crippen LogP) is 2.90. The standard InChI is InChI=1S/C17H23NO/c1-4-11-18(12-5-2)15-9-10-16-14(13-15)7-6-8-17(16)19-3/h1,6-8,15H,5,9-13H2,2-3H3/t15-/m1/s1. The second kappa shape index (κ2) is 6.63. The summed E-state index contributed by atoms with van der Waals surface area (Å²) in [5.74, 6) is 3.83. The lowest BCUT2D eigenvalue weighted by Gasteiger charge is -2.34. The van der Waals surface area contributed by atoms with Crippen molar-refractivity contribution < 1.29 is 4.74 Å². The molecule has 1 aromatic rings. The fourth-order valence-electron chi connectivity index (χ4n) is 3.05. The van der Waals surface area contributed by atoms with Crippen molar-refractivity contribution in [2.75, 3.05) is 20.2 Å². The number of terminal acetylenes is 1. The van der Waals surface area contributed by atoms with Gasteiger partial charge in [0.25, 0.3) is 0 Å². The van der Waals surface area contributed by atoms with E-state index < -0.39 is 0 Å². The molecule has 0 saturated carbocycles. The summed E-state index contributed by atoms with van der Waals surface area (Å²) in [6.45, 7) is 4.06. The Bertz CT molecular complexity index is 461. The fourth-order valence-corrected chi connectivity index (χ4v) is 3.05. The highest BCUT2D eigenvalue weighted by Gasteiger charge is 2.24. The number of ether oxygens (including phenoxy) is 1. The Hall–Kier alpha value is -1.46. The lowest BCUT2D eigenvalue weighted by atomic mass is 9.86. The molecule has 0 fully saturated rings. The van der Waals surface area contributed by atoms with Gasteiger partial charge in [0.2, 0.25) is 0 Å². The van der Waals surface area contributed by atoms with Gasteiger partial charge in [-0.2, -0.15) is 0 Å². The van der Waals surface area contributed by atoms with E-state index in [4.69, 9.17) is 11.2 Å². The molecule has 102 valence electrons. The maximum atomic E-state index is 5.49. The molecule has 0 aromatic heterocycles. The van der Waals surface area contributed by atoms with Crippen molar-refractivity contribution >= 4 is 0 Å². The van der Waals surface area contributed by atoms with E-state index in [-0.39, 0.29) is 0 Å². The Balaban J connectivity index is 2.15. The first-order valence-electron chi connectivity index (χ1n) is 7.12. The van der Waals surface area contributed by atoms with E-state index in [2.05, 4.69) is 35.9 Å². The zero-order valence-corrected chi connectivity index (χ0v) is 12.0. The van der Waals surface area contributed by atoms with Crippen LogP contribution in [0.15, 0.2) is 18.2 Å². The molecule has 1 aliphatic rings. The fraction of sp³-hybridized carbons (Fsp3) is 0.529. The molecule has 0 amide bonds. The van der Waals surface area contributed by atoms with Gasteiger partial charge < -0.3 is 4.74 Å². The summed E-state index contributed by atoms with van der Waals surface area (Å²) in [5.41, 5.74) is 2.81. The van der Waals surface area contributed by atoms with E-state index in [0.29, 0.717) is 6.04 Å². The number of benzene rings is 1. The summed E-state index contributed by atoms with van der Waals surface area (Å²) < 4.78 is 5.46. The highest BCUT2D eigenvalue weighted by molar-refractivity contribution is 5.42. The summed E-state index contributed by atoms with van der Waals surface area (Å²) in [5, 5.41) is 0. The monoisotopic (exact) mass is 257 g/mol. The van der Waals surface area contributed by atoms with Gasteiger partial charge in [0.05, 0.1) is 13.7 Å². The Morgan fingerprint density at radius 3 is 3.00 bits per heavy atom. The Labute approximate surface area is 116 Å². The van der Waals surface area contributed by atoms with Crippen LogP contribution in [0.3, 0.4) is 0 Å². The highest BCUT2D eigenvalue weighted by atomic mass is 16.5. The van der Waals surface area contributed by atoms with Crippen LogP contribution in [-0.2, 0) is 12.8 Å². The van der Waals surface area contributed by atoms with Gasteiger partial charge in [0.15, 0.2) is 0 Å². The lowest BCUT2D eigenvalue weighted by molar-refractivity contribution is 0.201. The third-order valence-corrected chi connectivity index (χ3v) is 3.95. The summed E-state index contributed by atoms with van der Waals surface area (Å²) in [6, 6.07) is 6.95. The van der Waals surface area contributed by atoms with Crippen LogP contribution in [0.2, 0.25) is 0 Å².